The molecule has 2 aromatic carbocycles. The monoisotopic (exact) mass is 435 g/mol. The van der Waals surface area contributed by atoms with Crippen LogP contribution in [0.1, 0.15) is 24.2 Å². The highest BCUT2D eigenvalue weighted by atomic mass is 79.9. The number of ether oxygens (including phenoxy) is 3. The summed E-state index contributed by atoms with van der Waals surface area (Å²) in [4.78, 5) is 24.3. The van der Waals surface area contributed by atoms with Crippen LogP contribution in [0, 0.1) is 0 Å². The molecule has 0 fully saturated rings. The standard InChI is InChI=1S/C20H22BrNO5/c1-13(2)26-16-8-4-14(5-9-16)19(23)22-12-18(20(24)25-3)27-17-10-6-15(21)7-11-17/h4-11,13,18H,12H2,1-3H3,(H,22,23). The van der Waals surface area contributed by atoms with Crippen molar-refractivity contribution in [2.24, 2.45) is 0 Å². The highest BCUT2D eigenvalue weighted by Gasteiger charge is 2.22. The zero-order chi connectivity index (χ0) is 19.8. The topological polar surface area (TPSA) is 73.9 Å². The van der Waals surface area contributed by atoms with Crippen molar-refractivity contribution in [2.75, 3.05) is 13.7 Å². The molecule has 7 heteroatoms. The smallest absolute Gasteiger partial charge is 0.348 e. The number of carbonyl (C=O) groups is 2. The third kappa shape index (κ3) is 6.60. The van der Waals surface area contributed by atoms with Crippen LogP contribution in [0.2, 0.25) is 0 Å². The number of hydrogen-bond donors (Lipinski definition) is 1. The molecule has 1 unspecified atom stereocenters. The van der Waals surface area contributed by atoms with Gasteiger partial charge in [-0.15, -0.1) is 0 Å². The van der Waals surface area contributed by atoms with E-state index in [0.717, 1.165) is 4.47 Å². The van der Waals surface area contributed by atoms with Crippen LogP contribution >= 0.6 is 15.9 Å². The maximum absolute atomic E-state index is 12.3. The number of nitrogens with one attached hydrogen (secondary N) is 1. The summed E-state index contributed by atoms with van der Waals surface area (Å²) in [6.07, 6.45) is -0.898. The van der Waals surface area contributed by atoms with E-state index < -0.39 is 12.1 Å². The Balaban J connectivity index is 1.97. The first kappa shape index (κ1) is 20.8. The van der Waals surface area contributed by atoms with E-state index in [9.17, 15) is 9.59 Å². The minimum atomic E-state index is -0.955. The van der Waals surface area contributed by atoms with E-state index >= 15 is 0 Å². The molecule has 2 aromatic rings. The highest BCUT2D eigenvalue weighted by molar-refractivity contribution is 9.10. The van der Waals surface area contributed by atoms with E-state index in [1.54, 1.807) is 48.5 Å². The molecule has 0 aliphatic rings. The van der Waals surface area contributed by atoms with E-state index in [1.165, 1.54) is 7.11 Å². The van der Waals surface area contributed by atoms with Gasteiger partial charge in [0.2, 0.25) is 6.10 Å². The van der Waals surface area contributed by atoms with Crippen LogP contribution in [0.25, 0.3) is 0 Å². The first-order chi connectivity index (χ1) is 12.9. The molecule has 144 valence electrons. The van der Waals surface area contributed by atoms with Crippen molar-refractivity contribution >= 4 is 27.8 Å². The zero-order valence-corrected chi connectivity index (χ0v) is 17.0. The molecule has 0 saturated heterocycles. The number of hydrogen-bond acceptors (Lipinski definition) is 5. The van der Waals surface area contributed by atoms with Crippen molar-refractivity contribution in [3.8, 4) is 11.5 Å². The van der Waals surface area contributed by atoms with Crippen molar-refractivity contribution < 1.29 is 23.8 Å². The van der Waals surface area contributed by atoms with Gasteiger partial charge in [0, 0.05) is 10.0 Å². The van der Waals surface area contributed by atoms with E-state index in [0.29, 0.717) is 17.1 Å². The Morgan fingerprint density at radius 2 is 1.52 bits per heavy atom. The Labute approximate surface area is 166 Å². The minimum absolute atomic E-state index is 0.0220. The van der Waals surface area contributed by atoms with Crippen molar-refractivity contribution in [2.45, 2.75) is 26.1 Å². The molecular formula is C20H22BrNO5. The minimum Gasteiger partial charge on any atom is -0.491 e. The number of methoxy groups -OCH3 is 1. The number of benzene rings is 2. The van der Waals surface area contributed by atoms with Gasteiger partial charge in [0.1, 0.15) is 11.5 Å². The Morgan fingerprint density at radius 3 is 2.07 bits per heavy atom. The van der Waals surface area contributed by atoms with Gasteiger partial charge in [0.05, 0.1) is 19.8 Å². The van der Waals surface area contributed by atoms with Crippen LogP contribution in [0.3, 0.4) is 0 Å². The lowest BCUT2D eigenvalue weighted by molar-refractivity contribution is -0.148. The molecule has 1 N–H and O–H groups in total. The number of carbonyl (C=O) groups excluding carboxylic acids is 2. The molecule has 0 bridgehead atoms. The second kappa shape index (κ2) is 9.97. The van der Waals surface area contributed by atoms with Crippen LogP contribution in [-0.4, -0.2) is 37.7 Å². The molecule has 0 radical (unpaired) electrons. The molecule has 0 heterocycles. The van der Waals surface area contributed by atoms with Gasteiger partial charge in [-0.3, -0.25) is 4.79 Å². The molecule has 0 saturated carbocycles. The fourth-order valence-corrected chi connectivity index (χ4v) is 2.49. The number of halogens is 1. The predicted molar refractivity (Wildman–Crippen MR) is 105 cm³/mol. The predicted octanol–water partition coefficient (Wildman–Crippen LogP) is 3.59. The lowest BCUT2D eigenvalue weighted by Gasteiger charge is -2.17. The fourth-order valence-electron chi connectivity index (χ4n) is 2.23. The fraction of sp³-hybridized carbons (Fsp3) is 0.300. The molecule has 0 aromatic heterocycles. The van der Waals surface area contributed by atoms with E-state index in [2.05, 4.69) is 21.2 Å². The number of esters is 1. The summed E-state index contributed by atoms with van der Waals surface area (Å²) < 4.78 is 16.8. The maximum atomic E-state index is 12.3. The Hall–Kier alpha value is -2.54. The van der Waals surface area contributed by atoms with Gasteiger partial charge in [0.25, 0.3) is 5.91 Å². The first-order valence-electron chi connectivity index (χ1n) is 8.44. The van der Waals surface area contributed by atoms with Gasteiger partial charge in [0.15, 0.2) is 0 Å². The Bertz CT molecular complexity index is 759. The molecule has 1 amide bonds. The van der Waals surface area contributed by atoms with Crippen LogP contribution in [0.15, 0.2) is 53.0 Å². The van der Waals surface area contributed by atoms with E-state index in [-0.39, 0.29) is 18.6 Å². The lowest BCUT2D eigenvalue weighted by Crippen LogP contribution is -2.41. The van der Waals surface area contributed by atoms with Gasteiger partial charge in [-0.05, 0) is 62.4 Å². The van der Waals surface area contributed by atoms with Crippen molar-refractivity contribution in [1.82, 2.24) is 5.32 Å². The normalized spacial score (nSPS) is 11.6. The summed E-state index contributed by atoms with van der Waals surface area (Å²) in [5.41, 5.74) is 0.457. The second-order valence-electron chi connectivity index (χ2n) is 5.98. The average Bonchev–Trinajstić information content (AvgIpc) is 2.66. The molecular weight excluding hydrogens is 414 g/mol. The van der Waals surface area contributed by atoms with Crippen LogP contribution in [0.5, 0.6) is 11.5 Å². The quantitative estimate of drug-likeness (QED) is 0.641. The lowest BCUT2D eigenvalue weighted by atomic mass is 10.2. The van der Waals surface area contributed by atoms with Crippen LogP contribution < -0.4 is 14.8 Å². The highest BCUT2D eigenvalue weighted by Crippen LogP contribution is 2.18. The summed E-state index contributed by atoms with van der Waals surface area (Å²) in [5.74, 6) is 0.295. The Morgan fingerprint density at radius 1 is 0.963 bits per heavy atom. The SMILES string of the molecule is COC(=O)C(CNC(=O)c1ccc(OC(C)C)cc1)Oc1ccc(Br)cc1. The number of amides is 1. The number of rotatable bonds is 8. The molecule has 6 nitrogen and oxygen atoms in total. The van der Waals surface area contributed by atoms with E-state index in [4.69, 9.17) is 14.2 Å². The summed E-state index contributed by atoms with van der Waals surface area (Å²) >= 11 is 3.33. The van der Waals surface area contributed by atoms with Crippen molar-refractivity contribution in [1.29, 1.82) is 0 Å². The largest absolute Gasteiger partial charge is 0.491 e. The molecule has 2 rings (SSSR count). The van der Waals surface area contributed by atoms with Crippen LogP contribution in [0.4, 0.5) is 0 Å². The van der Waals surface area contributed by atoms with Crippen molar-refractivity contribution in [3.63, 3.8) is 0 Å². The molecule has 0 aliphatic carbocycles. The van der Waals surface area contributed by atoms with Gasteiger partial charge in [-0.25, -0.2) is 4.79 Å². The van der Waals surface area contributed by atoms with Gasteiger partial charge < -0.3 is 19.5 Å². The molecule has 0 aliphatic heterocycles. The van der Waals surface area contributed by atoms with Crippen molar-refractivity contribution in [3.05, 3.63) is 58.6 Å². The zero-order valence-electron chi connectivity index (χ0n) is 15.4. The summed E-state index contributed by atoms with van der Waals surface area (Å²) in [6, 6.07) is 13.8. The van der Waals surface area contributed by atoms with Gasteiger partial charge >= 0.3 is 5.97 Å². The van der Waals surface area contributed by atoms with E-state index in [1.807, 2.05) is 13.8 Å². The average molecular weight is 436 g/mol. The maximum Gasteiger partial charge on any atom is 0.348 e. The summed E-state index contributed by atoms with van der Waals surface area (Å²) in [5, 5.41) is 2.69. The molecule has 1 atom stereocenters. The summed E-state index contributed by atoms with van der Waals surface area (Å²) in [7, 11) is 1.27. The van der Waals surface area contributed by atoms with Gasteiger partial charge in [-0.2, -0.15) is 0 Å². The molecule has 27 heavy (non-hydrogen) atoms. The third-order valence-corrected chi connectivity index (χ3v) is 4.02. The second-order valence-corrected chi connectivity index (χ2v) is 6.90. The van der Waals surface area contributed by atoms with Gasteiger partial charge in [-0.1, -0.05) is 15.9 Å². The Kier molecular flexibility index (Phi) is 7.67. The molecule has 0 spiro atoms. The van der Waals surface area contributed by atoms with Crippen LogP contribution in [-0.2, 0) is 9.53 Å². The third-order valence-electron chi connectivity index (χ3n) is 3.49. The summed E-state index contributed by atoms with van der Waals surface area (Å²) in [6.45, 7) is 3.84. The first-order valence-corrected chi connectivity index (χ1v) is 9.23.